The van der Waals surface area contributed by atoms with Crippen molar-refractivity contribution in [3.63, 3.8) is 0 Å². The second-order valence-electron chi connectivity index (χ2n) is 8.20. The molecule has 1 N–H and O–H groups in total. The van der Waals surface area contributed by atoms with Gasteiger partial charge in [-0.1, -0.05) is 20.3 Å². The van der Waals surface area contributed by atoms with Crippen LogP contribution in [0.4, 0.5) is 0 Å². The largest absolute Gasteiger partial charge is 0.497 e. The van der Waals surface area contributed by atoms with E-state index in [0.29, 0.717) is 5.92 Å². The first-order valence-corrected chi connectivity index (χ1v) is 9.63. The molecule has 4 bridgehead atoms. The minimum absolute atomic E-state index is 0.695. The quantitative estimate of drug-likeness (QED) is 0.897. The van der Waals surface area contributed by atoms with Gasteiger partial charge in [0.15, 0.2) is 0 Å². The van der Waals surface area contributed by atoms with E-state index in [-0.39, 0.29) is 0 Å². The second-order valence-corrected chi connectivity index (χ2v) is 8.20. The lowest BCUT2D eigenvalue weighted by molar-refractivity contribution is -0.0540. The summed E-state index contributed by atoms with van der Waals surface area (Å²) in [5.41, 5.74) is 4.39. The van der Waals surface area contributed by atoms with E-state index in [2.05, 4.69) is 41.9 Å². The molecule has 4 aliphatic rings. The molecule has 2 saturated heterocycles. The van der Waals surface area contributed by atoms with Crippen LogP contribution in [0.5, 0.6) is 5.75 Å². The van der Waals surface area contributed by atoms with Crippen LogP contribution in [0.15, 0.2) is 18.2 Å². The molecule has 4 heterocycles. The molecule has 6 rings (SSSR count). The Morgan fingerprint density at radius 2 is 2.21 bits per heavy atom. The van der Waals surface area contributed by atoms with Crippen LogP contribution in [0.2, 0.25) is 0 Å². The van der Waals surface area contributed by atoms with Crippen molar-refractivity contribution in [1.29, 1.82) is 0 Å². The number of H-pyrrole nitrogens is 1. The predicted octanol–water partition coefficient (Wildman–Crippen LogP) is 4.18. The van der Waals surface area contributed by atoms with Gasteiger partial charge in [-0.2, -0.15) is 0 Å². The van der Waals surface area contributed by atoms with Gasteiger partial charge in [0.05, 0.1) is 7.11 Å². The van der Waals surface area contributed by atoms with Crippen LogP contribution in [0.3, 0.4) is 0 Å². The minimum atomic E-state index is 0.695. The van der Waals surface area contributed by atoms with Crippen LogP contribution >= 0.6 is 0 Å². The summed E-state index contributed by atoms with van der Waals surface area (Å²) >= 11 is 0. The summed E-state index contributed by atoms with van der Waals surface area (Å²) < 4.78 is 5.47. The maximum absolute atomic E-state index is 5.47. The molecule has 0 spiro atoms. The molecular formula is C21H28N2O. The lowest BCUT2D eigenvalue weighted by Crippen LogP contribution is -2.59. The van der Waals surface area contributed by atoms with Crippen molar-refractivity contribution in [2.75, 3.05) is 20.2 Å². The zero-order valence-corrected chi connectivity index (χ0v) is 15.0. The lowest BCUT2D eigenvalue weighted by Gasteiger charge is -2.56. The van der Waals surface area contributed by atoms with Gasteiger partial charge in [0.2, 0.25) is 0 Å². The number of piperidine rings is 2. The Morgan fingerprint density at radius 3 is 3.00 bits per heavy atom. The Labute approximate surface area is 144 Å². The number of hydrogen-bond donors (Lipinski definition) is 1. The molecule has 1 saturated carbocycles. The van der Waals surface area contributed by atoms with Crippen molar-refractivity contribution in [2.24, 2.45) is 17.8 Å². The highest BCUT2D eigenvalue weighted by Gasteiger charge is 2.51. The van der Waals surface area contributed by atoms with Crippen LogP contribution in [0.25, 0.3) is 10.9 Å². The standard InChI is InChI=1S/C21H28N2O/c1-4-15-12(2)13-9-18-20-16(7-8-23(11-13)21(15)18)17-10-14(24-3)5-6-19(17)22-20/h5-6,10,12-13,15,18,21-22H,4,7-9,11H2,1-3H3/t12?,13-,15?,18-,21?/m0/s1. The Kier molecular flexibility index (Phi) is 3.25. The number of fused-ring (bicyclic) bond motifs is 4. The Bertz CT molecular complexity index is 779. The molecule has 0 amide bonds. The number of nitrogens with one attached hydrogen (secondary N) is 1. The Hall–Kier alpha value is -1.48. The average Bonchev–Trinajstić information content (AvgIpc) is 2.93. The van der Waals surface area contributed by atoms with Crippen LogP contribution in [-0.2, 0) is 6.42 Å². The number of aromatic nitrogens is 1. The third kappa shape index (κ3) is 1.88. The van der Waals surface area contributed by atoms with Crippen molar-refractivity contribution >= 4 is 10.9 Å². The number of methoxy groups -OCH3 is 1. The highest BCUT2D eigenvalue weighted by molar-refractivity contribution is 5.86. The van der Waals surface area contributed by atoms with Gasteiger partial charge in [-0.15, -0.1) is 0 Å². The summed E-state index contributed by atoms with van der Waals surface area (Å²) in [5, 5.41) is 1.38. The van der Waals surface area contributed by atoms with E-state index >= 15 is 0 Å². The Morgan fingerprint density at radius 1 is 1.33 bits per heavy atom. The van der Waals surface area contributed by atoms with Gasteiger partial charge in [0.1, 0.15) is 5.75 Å². The fourth-order valence-electron chi connectivity index (χ4n) is 6.19. The van der Waals surface area contributed by atoms with Crippen molar-refractivity contribution in [2.45, 2.75) is 45.1 Å². The number of ether oxygens (including phenoxy) is 1. The summed E-state index contributed by atoms with van der Waals surface area (Å²) in [5.74, 6) is 4.28. The minimum Gasteiger partial charge on any atom is -0.497 e. The number of benzene rings is 1. The molecule has 3 aliphatic heterocycles. The van der Waals surface area contributed by atoms with Crippen molar-refractivity contribution in [1.82, 2.24) is 9.88 Å². The summed E-state index contributed by atoms with van der Waals surface area (Å²) in [7, 11) is 1.76. The van der Waals surface area contributed by atoms with Gasteiger partial charge in [-0.3, -0.25) is 4.90 Å². The second kappa shape index (κ2) is 5.26. The van der Waals surface area contributed by atoms with Gasteiger partial charge >= 0.3 is 0 Å². The monoisotopic (exact) mass is 324 g/mol. The SMILES string of the molecule is CCC1C(C)[C@H]2C[C@H]3c4[nH]c5ccc(OC)cc5c4CCN(C2)C13. The molecule has 3 fully saturated rings. The first kappa shape index (κ1) is 14.8. The van der Waals surface area contributed by atoms with Gasteiger partial charge in [-0.25, -0.2) is 0 Å². The topological polar surface area (TPSA) is 28.3 Å². The molecular weight excluding hydrogens is 296 g/mol. The van der Waals surface area contributed by atoms with Crippen molar-refractivity contribution < 1.29 is 4.74 Å². The number of hydrogen-bond acceptors (Lipinski definition) is 2. The maximum atomic E-state index is 5.47. The summed E-state index contributed by atoms with van der Waals surface area (Å²) in [6, 6.07) is 7.25. The molecule has 1 aliphatic carbocycles. The third-order valence-electron chi connectivity index (χ3n) is 7.35. The average molecular weight is 324 g/mol. The van der Waals surface area contributed by atoms with Gasteiger partial charge < -0.3 is 9.72 Å². The van der Waals surface area contributed by atoms with E-state index in [9.17, 15) is 0 Å². The van der Waals surface area contributed by atoms with Crippen molar-refractivity contribution in [3.05, 3.63) is 29.5 Å². The maximum Gasteiger partial charge on any atom is 0.119 e. The smallest absolute Gasteiger partial charge is 0.119 e. The van der Waals surface area contributed by atoms with E-state index in [1.807, 2.05) is 0 Å². The molecule has 1 aromatic carbocycles. The number of rotatable bonds is 2. The van der Waals surface area contributed by atoms with E-state index in [1.165, 1.54) is 43.3 Å². The molecule has 3 heteroatoms. The third-order valence-corrected chi connectivity index (χ3v) is 7.35. The first-order chi connectivity index (χ1) is 11.7. The molecule has 128 valence electrons. The van der Waals surface area contributed by atoms with Crippen LogP contribution in [-0.4, -0.2) is 36.1 Å². The summed E-state index contributed by atoms with van der Waals surface area (Å²) in [4.78, 5) is 6.65. The molecule has 1 aromatic heterocycles. The van der Waals surface area contributed by atoms with E-state index in [0.717, 1.165) is 29.5 Å². The normalized spacial score (nSPS) is 37.3. The van der Waals surface area contributed by atoms with Gasteiger partial charge in [0, 0.05) is 41.6 Å². The number of aromatic amines is 1. The fourth-order valence-corrected chi connectivity index (χ4v) is 6.19. The zero-order valence-electron chi connectivity index (χ0n) is 15.0. The van der Waals surface area contributed by atoms with Crippen molar-refractivity contribution in [3.8, 4) is 5.75 Å². The summed E-state index contributed by atoms with van der Waals surface area (Å²) in [6.45, 7) is 7.45. The first-order valence-electron chi connectivity index (χ1n) is 9.63. The van der Waals surface area contributed by atoms with E-state index in [4.69, 9.17) is 4.74 Å². The molecule has 4 unspecified atom stereocenters. The van der Waals surface area contributed by atoms with E-state index in [1.54, 1.807) is 18.4 Å². The predicted molar refractivity (Wildman–Crippen MR) is 97.7 cm³/mol. The Balaban J connectivity index is 1.66. The molecule has 0 radical (unpaired) electrons. The van der Waals surface area contributed by atoms with Crippen LogP contribution in [0.1, 0.15) is 43.9 Å². The molecule has 3 nitrogen and oxygen atoms in total. The van der Waals surface area contributed by atoms with Gasteiger partial charge in [0.25, 0.3) is 0 Å². The number of nitrogens with zero attached hydrogens (tertiary/aromatic N) is 1. The molecule has 2 aromatic rings. The summed E-state index contributed by atoms with van der Waals surface area (Å²) in [6.07, 6.45) is 3.86. The molecule has 6 atom stereocenters. The van der Waals surface area contributed by atoms with Gasteiger partial charge in [-0.05, 0) is 54.4 Å². The van der Waals surface area contributed by atoms with Crippen LogP contribution < -0.4 is 4.74 Å². The van der Waals surface area contributed by atoms with E-state index < -0.39 is 0 Å². The zero-order chi connectivity index (χ0) is 16.4. The highest BCUT2D eigenvalue weighted by atomic mass is 16.5. The fraction of sp³-hybridized carbons (Fsp3) is 0.619. The van der Waals surface area contributed by atoms with Crippen LogP contribution in [0, 0.1) is 17.8 Å². The molecule has 24 heavy (non-hydrogen) atoms. The lowest BCUT2D eigenvalue weighted by atomic mass is 9.60. The highest BCUT2D eigenvalue weighted by Crippen LogP contribution is 2.53.